The van der Waals surface area contributed by atoms with Crippen molar-refractivity contribution in [2.45, 2.75) is 25.4 Å². The number of carbonyl (C=O) groups is 1. The van der Waals surface area contributed by atoms with E-state index in [-0.39, 0.29) is 17.9 Å². The van der Waals surface area contributed by atoms with Gasteiger partial charge in [-0.25, -0.2) is 4.98 Å². The van der Waals surface area contributed by atoms with E-state index in [1.807, 2.05) is 35.2 Å². The first-order valence-corrected chi connectivity index (χ1v) is 8.64. The molecule has 1 aromatic carbocycles. The molecule has 24 heavy (non-hydrogen) atoms. The van der Waals surface area contributed by atoms with Crippen LogP contribution in [0.25, 0.3) is 0 Å². The Labute approximate surface area is 147 Å². The highest BCUT2D eigenvalue weighted by atomic mass is 35.5. The van der Waals surface area contributed by atoms with E-state index in [1.165, 1.54) is 6.20 Å². The second kappa shape index (κ2) is 7.77. The van der Waals surface area contributed by atoms with Gasteiger partial charge < -0.3 is 10.0 Å². The molecule has 5 heteroatoms. The monoisotopic (exact) mass is 344 g/mol. The first-order chi connectivity index (χ1) is 11.6. The second-order valence-electron chi connectivity index (χ2n) is 6.25. The Morgan fingerprint density at radius 3 is 2.54 bits per heavy atom. The highest BCUT2D eigenvalue weighted by Crippen LogP contribution is 2.24. The minimum atomic E-state index is -0.363. The summed E-state index contributed by atoms with van der Waals surface area (Å²) in [6, 6.07) is 13.4. The highest BCUT2D eigenvalue weighted by Gasteiger charge is 2.28. The Morgan fingerprint density at radius 2 is 1.92 bits per heavy atom. The molecule has 1 N–H and O–H groups in total. The second-order valence-corrected chi connectivity index (χ2v) is 6.68. The summed E-state index contributed by atoms with van der Waals surface area (Å²) in [5.41, 5.74) is 1.57. The van der Waals surface area contributed by atoms with Crippen molar-refractivity contribution in [1.29, 1.82) is 0 Å². The molecule has 1 aliphatic heterocycles. The van der Waals surface area contributed by atoms with Gasteiger partial charge in [-0.15, -0.1) is 0 Å². The maximum absolute atomic E-state index is 12.4. The van der Waals surface area contributed by atoms with E-state index >= 15 is 0 Å². The fourth-order valence-electron chi connectivity index (χ4n) is 3.17. The number of carbonyl (C=O) groups excluding carboxylic acids is 1. The van der Waals surface area contributed by atoms with E-state index in [2.05, 4.69) is 4.98 Å². The zero-order valence-corrected chi connectivity index (χ0v) is 14.2. The SMILES string of the molecule is O=C(c1ccc(Cl)cn1)N1CCC(C(O)Cc2ccccc2)CC1. The van der Waals surface area contributed by atoms with E-state index in [1.54, 1.807) is 12.1 Å². The number of aromatic nitrogens is 1. The van der Waals surface area contributed by atoms with Crippen LogP contribution in [0.1, 0.15) is 28.9 Å². The van der Waals surface area contributed by atoms with Crippen molar-refractivity contribution in [3.63, 3.8) is 0 Å². The van der Waals surface area contributed by atoms with Crippen LogP contribution in [0.2, 0.25) is 5.02 Å². The zero-order chi connectivity index (χ0) is 16.9. The average Bonchev–Trinajstić information content (AvgIpc) is 2.63. The number of aliphatic hydroxyl groups is 1. The molecule has 1 saturated heterocycles. The van der Waals surface area contributed by atoms with Crippen molar-refractivity contribution < 1.29 is 9.90 Å². The zero-order valence-electron chi connectivity index (χ0n) is 13.4. The minimum absolute atomic E-state index is 0.0670. The van der Waals surface area contributed by atoms with Gasteiger partial charge in [-0.05, 0) is 42.9 Å². The quantitative estimate of drug-likeness (QED) is 0.926. The summed E-state index contributed by atoms with van der Waals surface area (Å²) in [4.78, 5) is 18.3. The number of amides is 1. The molecule has 2 aromatic rings. The van der Waals surface area contributed by atoms with E-state index in [0.717, 1.165) is 18.4 Å². The number of benzene rings is 1. The third-order valence-corrected chi connectivity index (χ3v) is 4.83. The van der Waals surface area contributed by atoms with Crippen LogP contribution in [0, 0.1) is 5.92 Å². The lowest BCUT2D eigenvalue weighted by Crippen LogP contribution is -2.41. The summed E-state index contributed by atoms with van der Waals surface area (Å²) >= 11 is 5.81. The first kappa shape index (κ1) is 16.9. The molecule has 0 saturated carbocycles. The Bertz CT molecular complexity index is 668. The summed E-state index contributed by atoms with van der Waals surface area (Å²) in [5, 5.41) is 11.0. The number of piperidine rings is 1. The van der Waals surface area contributed by atoms with Gasteiger partial charge in [0, 0.05) is 19.3 Å². The maximum atomic E-state index is 12.4. The molecule has 0 aliphatic carbocycles. The van der Waals surface area contributed by atoms with E-state index in [4.69, 9.17) is 11.6 Å². The van der Waals surface area contributed by atoms with Crippen LogP contribution in [0.4, 0.5) is 0 Å². The molecule has 0 bridgehead atoms. The number of nitrogens with zero attached hydrogens (tertiary/aromatic N) is 2. The molecular weight excluding hydrogens is 324 g/mol. The molecule has 1 aliphatic rings. The summed E-state index contributed by atoms with van der Waals surface area (Å²) in [6.45, 7) is 1.30. The topological polar surface area (TPSA) is 53.4 Å². The van der Waals surface area contributed by atoms with Gasteiger partial charge in [0.15, 0.2) is 0 Å². The third-order valence-electron chi connectivity index (χ3n) is 4.61. The summed E-state index contributed by atoms with van der Waals surface area (Å²) in [7, 11) is 0. The third kappa shape index (κ3) is 4.13. The predicted octanol–water partition coefficient (Wildman–Crippen LogP) is 3.19. The van der Waals surface area contributed by atoms with Gasteiger partial charge in [0.25, 0.3) is 5.91 Å². The lowest BCUT2D eigenvalue weighted by Gasteiger charge is -2.34. The molecule has 0 radical (unpaired) electrons. The fourth-order valence-corrected chi connectivity index (χ4v) is 3.29. The Hall–Kier alpha value is -1.91. The molecule has 1 atom stereocenters. The number of pyridine rings is 1. The highest BCUT2D eigenvalue weighted by molar-refractivity contribution is 6.30. The fraction of sp³-hybridized carbons (Fsp3) is 0.368. The smallest absolute Gasteiger partial charge is 0.272 e. The predicted molar refractivity (Wildman–Crippen MR) is 94.0 cm³/mol. The standard InChI is InChI=1S/C19H21ClN2O2/c20-16-6-7-17(21-13-16)19(24)22-10-8-15(9-11-22)18(23)12-14-4-2-1-3-5-14/h1-7,13,15,18,23H,8-12H2. The molecular formula is C19H21ClN2O2. The maximum Gasteiger partial charge on any atom is 0.272 e. The van der Waals surface area contributed by atoms with Crippen molar-refractivity contribution in [3.8, 4) is 0 Å². The van der Waals surface area contributed by atoms with Crippen molar-refractivity contribution >= 4 is 17.5 Å². The lowest BCUT2D eigenvalue weighted by molar-refractivity contribution is 0.0464. The van der Waals surface area contributed by atoms with Crippen molar-refractivity contribution in [2.24, 2.45) is 5.92 Å². The number of hydrogen-bond acceptors (Lipinski definition) is 3. The first-order valence-electron chi connectivity index (χ1n) is 8.26. The van der Waals surface area contributed by atoms with Crippen molar-refractivity contribution in [1.82, 2.24) is 9.88 Å². The Kier molecular flexibility index (Phi) is 5.48. The molecule has 126 valence electrons. The minimum Gasteiger partial charge on any atom is -0.392 e. The van der Waals surface area contributed by atoms with Crippen LogP contribution in [-0.2, 0) is 6.42 Å². The van der Waals surface area contributed by atoms with Crippen LogP contribution in [0.15, 0.2) is 48.7 Å². The Balaban J connectivity index is 1.53. The summed E-state index contributed by atoms with van der Waals surface area (Å²) < 4.78 is 0. The van der Waals surface area contributed by atoms with Crippen LogP contribution in [0.5, 0.6) is 0 Å². The van der Waals surface area contributed by atoms with E-state index in [0.29, 0.717) is 30.2 Å². The largest absolute Gasteiger partial charge is 0.392 e. The van der Waals surface area contributed by atoms with Gasteiger partial charge in [0.1, 0.15) is 5.69 Å². The molecule has 4 nitrogen and oxygen atoms in total. The molecule has 3 rings (SSSR count). The average molecular weight is 345 g/mol. The molecule has 1 unspecified atom stereocenters. The number of hydrogen-bond donors (Lipinski definition) is 1. The van der Waals surface area contributed by atoms with Crippen LogP contribution in [-0.4, -0.2) is 40.1 Å². The van der Waals surface area contributed by atoms with E-state index in [9.17, 15) is 9.90 Å². The van der Waals surface area contributed by atoms with Crippen LogP contribution in [0.3, 0.4) is 0 Å². The number of likely N-dealkylation sites (tertiary alicyclic amines) is 1. The van der Waals surface area contributed by atoms with Crippen LogP contribution >= 0.6 is 11.6 Å². The lowest BCUT2D eigenvalue weighted by atomic mass is 9.88. The number of halogens is 1. The van der Waals surface area contributed by atoms with Gasteiger partial charge >= 0.3 is 0 Å². The summed E-state index contributed by atoms with van der Waals surface area (Å²) in [6.07, 6.45) is 3.42. The van der Waals surface area contributed by atoms with Gasteiger partial charge in [-0.3, -0.25) is 4.79 Å². The molecule has 2 heterocycles. The molecule has 1 aromatic heterocycles. The summed E-state index contributed by atoms with van der Waals surface area (Å²) in [5.74, 6) is 0.162. The van der Waals surface area contributed by atoms with Gasteiger partial charge in [0.05, 0.1) is 11.1 Å². The normalized spacial score (nSPS) is 16.8. The Morgan fingerprint density at radius 1 is 1.21 bits per heavy atom. The van der Waals surface area contributed by atoms with Crippen molar-refractivity contribution in [2.75, 3.05) is 13.1 Å². The number of aliphatic hydroxyl groups excluding tert-OH is 1. The van der Waals surface area contributed by atoms with E-state index < -0.39 is 0 Å². The molecule has 1 fully saturated rings. The van der Waals surface area contributed by atoms with Gasteiger partial charge in [-0.1, -0.05) is 41.9 Å². The number of rotatable bonds is 4. The van der Waals surface area contributed by atoms with Crippen LogP contribution < -0.4 is 0 Å². The van der Waals surface area contributed by atoms with Gasteiger partial charge in [-0.2, -0.15) is 0 Å². The molecule has 1 amide bonds. The van der Waals surface area contributed by atoms with Crippen molar-refractivity contribution in [3.05, 3.63) is 64.9 Å². The van der Waals surface area contributed by atoms with Gasteiger partial charge in [0.2, 0.25) is 0 Å². The molecule has 0 spiro atoms.